The Bertz CT molecular complexity index is 5550. The number of nitrogen functional groups attached to an aromatic ring is 1. The number of hydrogen-bond acceptors (Lipinski definition) is 38. The maximum absolute atomic E-state index is 13.1. The highest BCUT2D eigenvalue weighted by Crippen LogP contribution is 2.42. The lowest BCUT2D eigenvalue weighted by molar-refractivity contribution is -0.171. The van der Waals surface area contributed by atoms with Crippen molar-refractivity contribution >= 4 is 383 Å². The van der Waals surface area contributed by atoms with Gasteiger partial charge in [0.2, 0.25) is 29.5 Å². The van der Waals surface area contributed by atoms with Gasteiger partial charge in [0.05, 0.1) is 60.6 Å². The van der Waals surface area contributed by atoms with Crippen LogP contribution in [0.5, 0.6) is 0 Å². The van der Waals surface area contributed by atoms with Crippen molar-refractivity contribution in [2.75, 3.05) is 79.2 Å². The molecule has 11 rings (SSSR count). The van der Waals surface area contributed by atoms with E-state index in [4.69, 9.17) is 108 Å². The van der Waals surface area contributed by atoms with Crippen LogP contribution in [-0.2, 0) is 67.1 Å². The number of rotatable bonds is 25. The van der Waals surface area contributed by atoms with Gasteiger partial charge in [0.1, 0.15) is 37.1 Å². The average molecular weight is 2190 g/mol. The first-order chi connectivity index (χ1) is 63.4. The summed E-state index contributed by atoms with van der Waals surface area (Å²) >= 11 is 52.7. The normalized spacial score (nSPS) is 15.3. The fraction of sp³-hybridized carbons (Fsp3) is 0.208. The molecule has 7 fully saturated rings. The molecule has 0 aliphatic carbocycles. The standard InChI is InChI=1S/C26H20N4O8S4.C13H10N4O4S2.C7H7N3O3S2.C7H7NO2.C5H2F3NO2S2.C4H6O2.C3HN3OS2.C3H3NOS2.C3H6O2S.CH2ClNS/c31-17(27-15-7-3-1-5-13(15)23(35)36)9-11-29-21(33)19(41-25(29)39)20-22(34)30(26(40)42-20)12-10-18(32)28-16-8-4-2-6-14(16)24(37)38;14-16-10-11(19)17(13(22)23-10)6-5-9(18)15-8-4-2-1-3-7(8)12(20)21;8-9-5-6(13)10(7(14)15-5)2-1-4(12)3-11;8-6-4-2-1-3-5(6)7(9)10;6-5(7,8)2(10)1-3(11)9-4(12)13-1;1-2-4(6)3-5;4-6-2-1(7)5-3(8)9-2;5-2-1-7-3(6)4-2;4-1-3(5)2-6;2-1(3)4/h1-8H,9-12H2,(H,27,31)(H,28,32)(H,35,36)(H,37,38);1-4H,5-6H2,(H,15,18)(H,20,21);11H,1-3H2;1-4H,8H2,(H,9,10);1H,(H,9,11,12);2,5H,1,3H2;(H,5,7,8);1H2,(H,4,5,6);4,6H,1-2H2;(H2,3,4)/b20-19-;;;;;;;;;. The summed E-state index contributed by atoms with van der Waals surface area (Å²) in [5, 5.41) is 72.6. The number of benzene rings is 4. The second-order valence-corrected chi connectivity index (χ2v) is 37.1. The molecule has 0 radical (unpaired) electrons. The molecule has 1 atom stereocenters. The van der Waals surface area contributed by atoms with Crippen LogP contribution >= 0.6 is 204 Å². The van der Waals surface area contributed by atoms with Gasteiger partial charge >= 0.3 is 62.9 Å². The molecule has 7 aliphatic heterocycles. The van der Waals surface area contributed by atoms with E-state index in [1.54, 1.807) is 42.5 Å². The van der Waals surface area contributed by atoms with E-state index in [1.807, 2.05) is 5.32 Å². The molecule has 7 aliphatic rings. The summed E-state index contributed by atoms with van der Waals surface area (Å²) in [6.45, 7) is 1.65. The fourth-order valence-electron chi connectivity index (χ4n) is 8.83. The Kier molecular flexibility index (Phi) is 54.2. The van der Waals surface area contributed by atoms with Crippen LogP contribution in [0.3, 0.4) is 0 Å². The van der Waals surface area contributed by atoms with Gasteiger partial charge in [-0.25, -0.2) is 19.2 Å². The van der Waals surface area contributed by atoms with Crippen molar-refractivity contribution in [2.45, 2.75) is 37.1 Å². The second kappa shape index (κ2) is 61.0. The number of ketones is 4. The van der Waals surface area contributed by atoms with Crippen LogP contribution in [0, 0.1) is 0 Å². The molecule has 0 bridgehead atoms. The summed E-state index contributed by atoms with van der Waals surface area (Å²) in [5.41, 5.74) is 35.8. The van der Waals surface area contributed by atoms with Crippen molar-refractivity contribution in [3.05, 3.63) is 158 Å². The number of aliphatic hydroxyl groups is 3. The van der Waals surface area contributed by atoms with Crippen molar-refractivity contribution in [1.29, 1.82) is 0 Å². The number of alkyl halides is 3. The van der Waals surface area contributed by atoms with Crippen LogP contribution in [0.2, 0.25) is 0 Å². The van der Waals surface area contributed by atoms with E-state index < -0.39 is 107 Å². The molecule has 716 valence electrons. The highest BCUT2D eigenvalue weighted by Gasteiger charge is 2.50. The van der Waals surface area contributed by atoms with Crippen LogP contribution in [0.4, 0.5) is 35.9 Å². The Labute approximate surface area is 841 Å². The summed E-state index contributed by atoms with van der Waals surface area (Å²) in [5.74, 6) is -12.1. The van der Waals surface area contributed by atoms with Crippen LogP contribution in [0.1, 0.15) is 67.1 Å². The first kappa shape index (κ1) is 120. The predicted octanol–water partition coefficient (Wildman–Crippen LogP) is 5.18. The van der Waals surface area contributed by atoms with E-state index in [0.717, 1.165) is 69.8 Å². The van der Waals surface area contributed by atoms with Crippen LogP contribution < -0.4 is 43.4 Å². The summed E-state index contributed by atoms with van der Waals surface area (Å²) in [6, 6.07) is 24.1. The van der Waals surface area contributed by atoms with E-state index in [0.29, 0.717) is 31.8 Å². The second-order valence-electron chi connectivity index (χ2n) is 24.1. The van der Waals surface area contributed by atoms with Gasteiger partial charge in [-0.3, -0.25) is 86.7 Å². The zero-order valence-electron chi connectivity index (χ0n) is 67.5. The van der Waals surface area contributed by atoms with Gasteiger partial charge in [-0.05, 0) is 66.8 Å². The number of para-hydroxylation sites is 4. The molecule has 4 aromatic rings. The van der Waals surface area contributed by atoms with Crippen molar-refractivity contribution in [1.82, 2.24) is 35.6 Å². The summed E-state index contributed by atoms with van der Waals surface area (Å²) in [7, 11) is 0. The average Bonchev–Trinajstić information content (AvgIpc) is 1.63. The van der Waals surface area contributed by atoms with Crippen LogP contribution in [-0.4, -0.2) is 295 Å². The number of thioether (sulfide) groups is 7. The molecule has 0 saturated carbocycles. The van der Waals surface area contributed by atoms with E-state index in [9.17, 15) is 110 Å². The zero-order valence-corrected chi connectivity index (χ0v) is 81.4. The summed E-state index contributed by atoms with van der Waals surface area (Å²) in [4.78, 5) is 216. The number of aromatic carboxylic acids is 4. The maximum Gasteiger partial charge on any atom is 0.451 e. The minimum Gasteiger partial charge on any atom is -0.478 e. The van der Waals surface area contributed by atoms with Crippen molar-refractivity contribution in [3.8, 4) is 0 Å². The predicted molar refractivity (Wildman–Crippen MR) is 531 cm³/mol. The number of aliphatic hydroxyl groups excluding tert-OH is 3. The number of thiol groups is 1. The smallest absolute Gasteiger partial charge is 0.451 e. The van der Waals surface area contributed by atoms with Gasteiger partial charge in [-0.15, -0.1) is 0 Å². The van der Waals surface area contributed by atoms with Crippen molar-refractivity contribution in [2.24, 2.45) is 5.73 Å². The zero-order chi connectivity index (χ0) is 102. The number of nitrogens with zero attached hydrogens (tertiary/aromatic N) is 10. The Morgan fingerprint density at radius 2 is 0.859 bits per heavy atom. The number of hydrogen-bond donors (Lipinski definition) is 16. The van der Waals surface area contributed by atoms with Gasteiger partial charge in [-0.2, -0.15) is 40.2 Å². The molecule has 0 spiro atoms. The molecule has 4 aromatic carbocycles. The number of nitrogens with two attached hydrogens (primary N) is 2. The number of carbonyl (C=O) groups excluding carboxylic acids is 14. The first-order valence-electron chi connectivity index (χ1n) is 35.6. The summed E-state index contributed by atoms with van der Waals surface area (Å²) < 4.78 is 37.0. The molecule has 0 aromatic heterocycles. The third-order valence-corrected chi connectivity index (χ3v) is 24.6. The number of amides is 10. The Morgan fingerprint density at radius 1 is 0.511 bits per heavy atom. The number of anilines is 4. The molecule has 7 heterocycles. The fourth-order valence-corrected chi connectivity index (χ4v) is 16.7. The lowest BCUT2D eigenvalue weighted by Crippen LogP contribution is -2.38. The van der Waals surface area contributed by atoms with Gasteiger partial charge in [0.15, 0.2) is 40.0 Å². The molecule has 10 amide bonds. The Balaban J connectivity index is 0.000000560. The van der Waals surface area contributed by atoms with E-state index >= 15 is 0 Å². The molecule has 63 heteroatoms. The van der Waals surface area contributed by atoms with E-state index in [-0.39, 0.29) is 178 Å². The molecule has 1 unspecified atom stereocenters. The van der Waals surface area contributed by atoms with Gasteiger partial charge in [0.25, 0.3) is 17.6 Å². The van der Waals surface area contributed by atoms with Crippen LogP contribution in [0.15, 0.2) is 120 Å². The van der Waals surface area contributed by atoms with Crippen molar-refractivity contribution < 1.29 is 150 Å². The lowest BCUT2D eigenvalue weighted by atomic mass is 10.1. The molecular formula is C72H64ClF3N18O25S16. The highest BCUT2D eigenvalue weighted by molar-refractivity contribution is 8.36. The minimum absolute atomic E-state index is 0.000000000000000222. The first-order valence-corrected chi connectivity index (χ1v) is 45.8. The van der Waals surface area contributed by atoms with E-state index in [2.05, 4.69) is 115 Å². The molecule has 135 heavy (non-hydrogen) atoms. The quantitative estimate of drug-likeness (QED) is 0.00468. The van der Waals surface area contributed by atoms with Gasteiger partial charge < -0.3 is 95.7 Å². The van der Waals surface area contributed by atoms with Crippen molar-refractivity contribution in [3.63, 3.8) is 0 Å². The Morgan fingerprint density at radius 3 is 1.10 bits per heavy atom. The highest BCUT2D eigenvalue weighted by atomic mass is 35.5. The summed E-state index contributed by atoms with van der Waals surface area (Å²) in [6.07, 6.45) is -4.33. The number of carboxylic acid groups (broad SMARTS) is 4. The van der Waals surface area contributed by atoms with Gasteiger partial charge in [0, 0.05) is 92.8 Å². The largest absolute Gasteiger partial charge is 0.478 e. The minimum atomic E-state index is -4.99. The number of Topliss-reactive ketones (excluding diaryl/α,β-unsaturated/α-hetero) is 3. The third-order valence-electron chi connectivity index (χ3n) is 14.9. The van der Waals surface area contributed by atoms with Crippen LogP contribution in [0.25, 0.3) is 16.6 Å². The molecule has 7 saturated heterocycles. The van der Waals surface area contributed by atoms with E-state index in [1.165, 1.54) is 81.1 Å². The number of nitrogens with one attached hydrogen (secondary N) is 6. The van der Waals surface area contributed by atoms with Gasteiger partial charge in [-0.1, -0.05) is 199 Å². The molecule has 17 N–H and O–H groups in total. The third kappa shape index (κ3) is 41.5. The monoisotopic (exact) mass is 2180 g/mol. The Hall–Kier alpha value is -11.2. The number of halogens is 4. The lowest BCUT2D eigenvalue weighted by Gasteiger charge is -2.15. The molecular weight excluding hydrogens is 2120 g/mol. The number of carbonyl (C=O) groups is 18. The SMILES string of the molecule is C=CC(=O)CO.NC(=S)Cl.Nc1ccccc1C(=O)O.O=C(CCN1C(=O)/C(=C2/SC(=S)N(CCC(=O)Nc3ccccc3C(=O)O)C2=O)SC1=S)Nc1ccccc1C(=O)O.O=C(CO)CS.O=C1CSC(=S)N1.O=C1NC(=S)SC1C(=O)C(F)(F)F.[N-]=[N+]=C1SC(=S)N(CCC(=O)CO)C1=O.[N-]=[N+]=C1SC(=S)N(CCC(=O)Nc2ccccc2C(=O)O)C1=O.[N-]=[N+]=C1SC(=S)NC1=O. The number of thiocarbonyl (C=S) groups is 8. The number of carboxylic acids is 4. The molecule has 43 nitrogen and oxygen atoms in total. The topological polar surface area (TPSA) is 695 Å². The maximum atomic E-state index is 13.1.